The van der Waals surface area contributed by atoms with Gasteiger partial charge in [0.25, 0.3) is 0 Å². The fourth-order valence-electron chi connectivity index (χ4n) is 2.38. The SMILES string of the molecule is Cc1csc(CN2CCN(C(=O)C3CC3)CC2)n1. The first kappa shape index (κ1) is 12.1. The summed E-state index contributed by atoms with van der Waals surface area (Å²) in [6.07, 6.45) is 2.22. The van der Waals surface area contributed by atoms with Gasteiger partial charge in [-0.05, 0) is 19.8 Å². The number of hydrogen-bond acceptors (Lipinski definition) is 4. The Morgan fingerprint density at radius 3 is 2.67 bits per heavy atom. The van der Waals surface area contributed by atoms with Crippen LogP contribution in [0.1, 0.15) is 23.5 Å². The number of carbonyl (C=O) groups is 1. The largest absolute Gasteiger partial charge is 0.340 e. The number of nitrogens with zero attached hydrogens (tertiary/aromatic N) is 3. The van der Waals surface area contributed by atoms with Crippen molar-refractivity contribution in [3.63, 3.8) is 0 Å². The summed E-state index contributed by atoms with van der Waals surface area (Å²) in [4.78, 5) is 20.9. The molecule has 18 heavy (non-hydrogen) atoms. The fourth-order valence-corrected chi connectivity index (χ4v) is 3.19. The molecule has 1 amide bonds. The van der Waals surface area contributed by atoms with Crippen molar-refractivity contribution in [2.75, 3.05) is 26.2 Å². The third-order valence-electron chi connectivity index (χ3n) is 3.64. The van der Waals surface area contributed by atoms with Crippen LogP contribution in [0.15, 0.2) is 5.38 Å². The van der Waals surface area contributed by atoms with Crippen molar-refractivity contribution >= 4 is 17.2 Å². The van der Waals surface area contributed by atoms with Crippen LogP contribution in [0.25, 0.3) is 0 Å². The first-order chi connectivity index (χ1) is 8.72. The second-order valence-electron chi connectivity index (χ2n) is 5.26. The maximum atomic E-state index is 11.9. The summed E-state index contributed by atoms with van der Waals surface area (Å²) in [7, 11) is 0. The molecule has 1 aromatic rings. The normalized spacial score (nSPS) is 21.3. The van der Waals surface area contributed by atoms with Gasteiger partial charge in [0.15, 0.2) is 0 Å². The van der Waals surface area contributed by atoms with Crippen molar-refractivity contribution in [1.82, 2.24) is 14.8 Å². The minimum absolute atomic E-state index is 0.359. The lowest BCUT2D eigenvalue weighted by Gasteiger charge is -2.34. The van der Waals surface area contributed by atoms with E-state index in [1.54, 1.807) is 11.3 Å². The second-order valence-corrected chi connectivity index (χ2v) is 6.20. The number of aryl methyl sites for hydroxylation is 1. The third-order valence-corrected chi connectivity index (χ3v) is 4.59. The van der Waals surface area contributed by atoms with Gasteiger partial charge >= 0.3 is 0 Å². The smallest absolute Gasteiger partial charge is 0.225 e. The summed E-state index contributed by atoms with van der Waals surface area (Å²) in [6, 6.07) is 0. The molecule has 4 nitrogen and oxygen atoms in total. The minimum Gasteiger partial charge on any atom is -0.340 e. The highest BCUT2D eigenvalue weighted by atomic mass is 32.1. The van der Waals surface area contributed by atoms with Crippen LogP contribution in [0.3, 0.4) is 0 Å². The van der Waals surface area contributed by atoms with E-state index in [1.807, 2.05) is 11.8 Å². The zero-order chi connectivity index (χ0) is 12.5. The maximum absolute atomic E-state index is 11.9. The van der Waals surface area contributed by atoms with Crippen LogP contribution in [0.4, 0.5) is 0 Å². The van der Waals surface area contributed by atoms with E-state index < -0.39 is 0 Å². The lowest BCUT2D eigenvalue weighted by molar-refractivity contribution is -0.134. The molecule has 1 aliphatic heterocycles. The van der Waals surface area contributed by atoms with E-state index in [2.05, 4.69) is 15.3 Å². The predicted molar refractivity (Wildman–Crippen MR) is 71.4 cm³/mol. The van der Waals surface area contributed by atoms with Gasteiger partial charge in [-0.1, -0.05) is 0 Å². The van der Waals surface area contributed by atoms with Crippen molar-refractivity contribution in [3.8, 4) is 0 Å². The van der Waals surface area contributed by atoms with Crippen LogP contribution < -0.4 is 0 Å². The van der Waals surface area contributed by atoms with E-state index in [9.17, 15) is 4.79 Å². The first-order valence-electron chi connectivity index (χ1n) is 6.64. The molecule has 1 aromatic heterocycles. The molecule has 0 bridgehead atoms. The van der Waals surface area contributed by atoms with Gasteiger partial charge in [-0.2, -0.15) is 0 Å². The van der Waals surface area contributed by atoms with E-state index in [4.69, 9.17) is 0 Å². The van der Waals surface area contributed by atoms with Crippen molar-refractivity contribution in [1.29, 1.82) is 0 Å². The first-order valence-corrected chi connectivity index (χ1v) is 7.52. The van der Waals surface area contributed by atoms with Crippen LogP contribution in [-0.2, 0) is 11.3 Å². The van der Waals surface area contributed by atoms with Crippen LogP contribution in [0, 0.1) is 12.8 Å². The van der Waals surface area contributed by atoms with Crippen LogP contribution in [0.2, 0.25) is 0 Å². The van der Waals surface area contributed by atoms with Gasteiger partial charge in [0.05, 0.1) is 6.54 Å². The average molecular weight is 265 g/mol. The minimum atomic E-state index is 0.359. The number of rotatable bonds is 3. The monoisotopic (exact) mass is 265 g/mol. The number of hydrogen-bond donors (Lipinski definition) is 0. The van der Waals surface area contributed by atoms with Gasteiger partial charge in [-0.25, -0.2) is 4.98 Å². The zero-order valence-corrected chi connectivity index (χ0v) is 11.6. The van der Waals surface area contributed by atoms with Gasteiger partial charge in [0.2, 0.25) is 5.91 Å². The second kappa shape index (κ2) is 4.97. The fraction of sp³-hybridized carbons (Fsp3) is 0.692. The predicted octanol–water partition coefficient (Wildman–Crippen LogP) is 1.51. The number of carbonyl (C=O) groups excluding carboxylic acids is 1. The standard InChI is InChI=1S/C13H19N3OS/c1-10-9-18-12(14-10)8-15-4-6-16(7-5-15)13(17)11-2-3-11/h9,11H,2-8H2,1H3. The van der Waals surface area contributed by atoms with Gasteiger partial charge in [-0.15, -0.1) is 11.3 Å². The summed E-state index contributed by atoms with van der Waals surface area (Å²) in [6.45, 7) is 6.71. The summed E-state index contributed by atoms with van der Waals surface area (Å²) >= 11 is 1.73. The van der Waals surface area contributed by atoms with E-state index in [-0.39, 0.29) is 0 Å². The molecule has 1 aliphatic carbocycles. The Labute approximate surface area is 112 Å². The molecular formula is C13H19N3OS. The Kier molecular flexibility index (Phi) is 3.35. The number of amides is 1. The van der Waals surface area contributed by atoms with Crippen LogP contribution in [-0.4, -0.2) is 46.9 Å². The molecule has 0 atom stereocenters. The quantitative estimate of drug-likeness (QED) is 0.831. The molecule has 1 saturated heterocycles. The lowest BCUT2D eigenvalue weighted by atomic mass is 10.2. The molecule has 5 heteroatoms. The lowest BCUT2D eigenvalue weighted by Crippen LogP contribution is -2.48. The number of thiazole rings is 1. The van der Waals surface area contributed by atoms with Crippen LogP contribution >= 0.6 is 11.3 Å². The summed E-state index contributed by atoms with van der Waals surface area (Å²) < 4.78 is 0. The highest BCUT2D eigenvalue weighted by Gasteiger charge is 2.34. The summed E-state index contributed by atoms with van der Waals surface area (Å²) in [5, 5.41) is 3.29. The Morgan fingerprint density at radius 2 is 2.11 bits per heavy atom. The van der Waals surface area contributed by atoms with E-state index >= 15 is 0 Å². The molecule has 2 heterocycles. The maximum Gasteiger partial charge on any atom is 0.225 e. The summed E-state index contributed by atoms with van der Waals surface area (Å²) in [5.74, 6) is 0.748. The highest BCUT2D eigenvalue weighted by Crippen LogP contribution is 2.31. The number of piperazine rings is 1. The van der Waals surface area contributed by atoms with Gasteiger partial charge in [0.1, 0.15) is 5.01 Å². The molecule has 3 rings (SSSR count). The Hall–Kier alpha value is -0.940. The van der Waals surface area contributed by atoms with Gasteiger partial charge in [0, 0.05) is 43.2 Å². The van der Waals surface area contributed by atoms with Crippen molar-refractivity contribution < 1.29 is 4.79 Å². The summed E-state index contributed by atoms with van der Waals surface area (Å²) in [5.41, 5.74) is 1.11. The molecule has 98 valence electrons. The molecule has 2 fully saturated rings. The van der Waals surface area contributed by atoms with E-state index in [0.717, 1.165) is 51.3 Å². The van der Waals surface area contributed by atoms with Gasteiger partial charge < -0.3 is 4.90 Å². The molecule has 0 radical (unpaired) electrons. The molecule has 0 aromatic carbocycles. The van der Waals surface area contributed by atoms with E-state index in [1.165, 1.54) is 5.01 Å². The average Bonchev–Trinajstić information content (AvgIpc) is 3.14. The molecule has 2 aliphatic rings. The zero-order valence-electron chi connectivity index (χ0n) is 10.8. The van der Waals surface area contributed by atoms with Crippen molar-refractivity contribution in [2.24, 2.45) is 5.92 Å². The molecule has 0 unspecified atom stereocenters. The van der Waals surface area contributed by atoms with Crippen molar-refractivity contribution in [3.05, 3.63) is 16.1 Å². The van der Waals surface area contributed by atoms with Gasteiger partial charge in [-0.3, -0.25) is 9.69 Å². The van der Waals surface area contributed by atoms with Crippen LogP contribution in [0.5, 0.6) is 0 Å². The molecule has 0 spiro atoms. The Morgan fingerprint density at radius 1 is 1.39 bits per heavy atom. The third kappa shape index (κ3) is 2.72. The Balaban J connectivity index is 1.49. The molecule has 1 saturated carbocycles. The molecule has 0 N–H and O–H groups in total. The molecular weight excluding hydrogens is 246 g/mol. The van der Waals surface area contributed by atoms with Crippen molar-refractivity contribution in [2.45, 2.75) is 26.3 Å². The Bertz CT molecular complexity index is 433. The number of aromatic nitrogens is 1. The van der Waals surface area contributed by atoms with E-state index in [0.29, 0.717) is 11.8 Å². The highest BCUT2D eigenvalue weighted by molar-refractivity contribution is 7.09. The topological polar surface area (TPSA) is 36.4 Å².